The van der Waals surface area contributed by atoms with Gasteiger partial charge in [0.05, 0.1) is 0 Å². The topological polar surface area (TPSA) is 23.5 Å². The third-order valence-electron chi connectivity index (χ3n) is 2.62. The average Bonchev–Trinajstić information content (AvgIpc) is 2.03. The number of aliphatic hydroxyl groups is 1. The van der Waals surface area contributed by atoms with Crippen molar-refractivity contribution in [2.24, 2.45) is 0 Å². The fourth-order valence-electron chi connectivity index (χ4n) is 1.86. The van der Waals surface area contributed by atoms with Crippen LogP contribution in [0.25, 0.3) is 0 Å². The van der Waals surface area contributed by atoms with Crippen molar-refractivity contribution in [1.82, 2.24) is 4.90 Å². The number of hydrogen-bond acceptors (Lipinski definition) is 2. The molecule has 1 atom stereocenters. The van der Waals surface area contributed by atoms with Crippen LogP contribution < -0.4 is 0 Å². The van der Waals surface area contributed by atoms with Crippen LogP contribution in [-0.4, -0.2) is 41.4 Å². The number of rotatable bonds is 2. The zero-order valence-corrected chi connectivity index (χ0v) is 8.27. The lowest BCUT2D eigenvalue weighted by Crippen LogP contribution is -2.56. The van der Waals surface area contributed by atoms with E-state index in [0.717, 1.165) is 6.42 Å². The molecule has 1 saturated heterocycles. The van der Waals surface area contributed by atoms with Gasteiger partial charge in [0, 0.05) is 6.54 Å². The number of halogens is 3. The smallest absolute Gasteiger partial charge is 0.379 e. The average molecular weight is 211 g/mol. The molecule has 84 valence electrons. The fraction of sp³-hybridized carbons (Fsp3) is 1.00. The molecule has 1 fully saturated rings. The summed E-state index contributed by atoms with van der Waals surface area (Å²) in [5.74, 6) is 0. The SMILES string of the molecule is CCCN1CCCC(O)(C(F)(F)F)C1. The summed E-state index contributed by atoms with van der Waals surface area (Å²) in [5.41, 5.74) is -2.49. The minimum Gasteiger partial charge on any atom is -0.379 e. The van der Waals surface area contributed by atoms with Crippen molar-refractivity contribution in [3.05, 3.63) is 0 Å². The van der Waals surface area contributed by atoms with Gasteiger partial charge in [-0.3, -0.25) is 0 Å². The molecule has 1 unspecified atom stereocenters. The van der Waals surface area contributed by atoms with E-state index in [1.807, 2.05) is 6.92 Å². The number of likely N-dealkylation sites (tertiary alicyclic amines) is 1. The van der Waals surface area contributed by atoms with Crippen molar-refractivity contribution in [3.8, 4) is 0 Å². The van der Waals surface area contributed by atoms with E-state index in [-0.39, 0.29) is 13.0 Å². The Bertz CT molecular complexity index is 193. The van der Waals surface area contributed by atoms with E-state index >= 15 is 0 Å². The molecule has 1 N–H and O–H groups in total. The maximum absolute atomic E-state index is 12.5. The summed E-state index contributed by atoms with van der Waals surface area (Å²) in [5, 5.41) is 9.44. The second-order valence-electron chi connectivity index (χ2n) is 3.91. The Morgan fingerprint density at radius 1 is 1.43 bits per heavy atom. The number of hydrogen-bond donors (Lipinski definition) is 1. The first kappa shape index (κ1) is 11.8. The molecule has 14 heavy (non-hydrogen) atoms. The van der Waals surface area contributed by atoms with Crippen molar-refractivity contribution in [3.63, 3.8) is 0 Å². The highest BCUT2D eigenvalue weighted by Gasteiger charge is 2.55. The van der Waals surface area contributed by atoms with Crippen molar-refractivity contribution < 1.29 is 18.3 Å². The maximum atomic E-state index is 12.5. The van der Waals surface area contributed by atoms with Gasteiger partial charge in [-0.05, 0) is 32.4 Å². The fourth-order valence-corrected chi connectivity index (χ4v) is 1.86. The van der Waals surface area contributed by atoms with Gasteiger partial charge >= 0.3 is 6.18 Å². The third kappa shape index (κ3) is 2.39. The highest BCUT2D eigenvalue weighted by molar-refractivity contribution is 4.92. The number of alkyl halides is 3. The van der Waals surface area contributed by atoms with Gasteiger partial charge in [-0.15, -0.1) is 0 Å². The van der Waals surface area contributed by atoms with Gasteiger partial charge in [-0.2, -0.15) is 13.2 Å². The van der Waals surface area contributed by atoms with E-state index < -0.39 is 11.8 Å². The Balaban J connectivity index is 2.62. The molecule has 0 aliphatic carbocycles. The minimum absolute atomic E-state index is 0.170. The predicted octanol–water partition coefficient (Wildman–Crippen LogP) is 1.79. The predicted molar refractivity (Wildman–Crippen MR) is 47.0 cm³/mol. The first-order valence-corrected chi connectivity index (χ1v) is 4.90. The molecular weight excluding hydrogens is 195 g/mol. The van der Waals surface area contributed by atoms with Crippen molar-refractivity contribution >= 4 is 0 Å². The second-order valence-corrected chi connectivity index (χ2v) is 3.91. The van der Waals surface area contributed by atoms with Crippen LogP contribution in [0.15, 0.2) is 0 Å². The van der Waals surface area contributed by atoms with E-state index in [1.54, 1.807) is 4.90 Å². The largest absolute Gasteiger partial charge is 0.418 e. The maximum Gasteiger partial charge on any atom is 0.418 e. The molecule has 0 bridgehead atoms. The molecule has 1 aliphatic heterocycles. The van der Waals surface area contributed by atoms with Crippen LogP contribution in [0, 0.1) is 0 Å². The van der Waals surface area contributed by atoms with E-state index in [1.165, 1.54) is 0 Å². The highest BCUT2D eigenvalue weighted by Crippen LogP contribution is 2.37. The molecule has 1 aliphatic rings. The Morgan fingerprint density at radius 3 is 2.57 bits per heavy atom. The molecule has 0 saturated carbocycles. The highest BCUT2D eigenvalue weighted by atomic mass is 19.4. The molecule has 5 heteroatoms. The van der Waals surface area contributed by atoms with Crippen LogP contribution in [-0.2, 0) is 0 Å². The monoisotopic (exact) mass is 211 g/mol. The van der Waals surface area contributed by atoms with Gasteiger partial charge in [-0.1, -0.05) is 6.92 Å². The summed E-state index contributed by atoms with van der Waals surface area (Å²) in [6.07, 6.45) is -3.44. The molecule has 0 radical (unpaired) electrons. The van der Waals surface area contributed by atoms with Gasteiger partial charge in [0.2, 0.25) is 0 Å². The normalized spacial score (nSPS) is 30.6. The summed E-state index contributed by atoms with van der Waals surface area (Å²) in [6.45, 7) is 2.93. The molecule has 0 aromatic heterocycles. The molecule has 1 heterocycles. The standard InChI is InChI=1S/C9H16F3NO/c1-2-5-13-6-3-4-8(14,7-13)9(10,11)12/h14H,2-7H2,1H3. The zero-order valence-electron chi connectivity index (χ0n) is 8.27. The van der Waals surface area contributed by atoms with Crippen molar-refractivity contribution in [1.29, 1.82) is 0 Å². The Kier molecular flexibility index (Phi) is 3.42. The van der Waals surface area contributed by atoms with Crippen LogP contribution in [0.2, 0.25) is 0 Å². The quantitative estimate of drug-likeness (QED) is 0.752. The molecule has 2 nitrogen and oxygen atoms in total. The van der Waals surface area contributed by atoms with Gasteiger partial charge in [0.1, 0.15) is 0 Å². The molecule has 1 rings (SSSR count). The Labute approximate surface area is 81.7 Å². The summed E-state index contributed by atoms with van der Waals surface area (Å²) < 4.78 is 37.4. The molecular formula is C9H16F3NO. The first-order chi connectivity index (χ1) is 6.39. The van der Waals surface area contributed by atoms with Crippen molar-refractivity contribution in [2.75, 3.05) is 19.6 Å². The van der Waals surface area contributed by atoms with Crippen LogP contribution >= 0.6 is 0 Å². The second kappa shape index (κ2) is 4.06. The summed E-state index contributed by atoms with van der Waals surface area (Å²) in [6, 6.07) is 0. The molecule has 0 aromatic rings. The van der Waals surface area contributed by atoms with E-state index in [2.05, 4.69) is 0 Å². The van der Waals surface area contributed by atoms with Crippen LogP contribution in [0.3, 0.4) is 0 Å². The molecule has 0 spiro atoms. The first-order valence-electron chi connectivity index (χ1n) is 4.90. The zero-order chi connectivity index (χ0) is 10.8. The number of nitrogens with zero attached hydrogens (tertiary/aromatic N) is 1. The lowest BCUT2D eigenvalue weighted by Gasteiger charge is -2.40. The summed E-state index contributed by atoms with van der Waals surface area (Å²) in [7, 11) is 0. The van der Waals surface area contributed by atoms with Crippen LogP contribution in [0.5, 0.6) is 0 Å². The van der Waals surface area contributed by atoms with Gasteiger partial charge in [0.25, 0.3) is 0 Å². The third-order valence-corrected chi connectivity index (χ3v) is 2.62. The minimum atomic E-state index is -4.50. The van der Waals surface area contributed by atoms with Crippen LogP contribution in [0.1, 0.15) is 26.2 Å². The van der Waals surface area contributed by atoms with E-state index in [9.17, 15) is 18.3 Å². The lowest BCUT2D eigenvalue weighted by molar-refractivity contribution is -0.274. The Morgan fingerprint density at radius 2 is 2.07 bits per heavy atom. The van der Waals surface area contributed by atoms with E-state index in [0.29, 0.717) is 19.5 Å². The summed E-state index contributed by atoms with van der Waals surface area (Å²) in [4.78, 5) is 1.68. The van der Waals surface area contributed by atoms with Gasteiger partial charge < -0.3 is 10.0 Å². The molecule has 0 aromatic carbocycles. The van der Waals surface area contributed by atoms with Gasteiger partial charge in [-0.25, -0.2) is 0 Å². The number of piperidine rings is 1. The summed E-state index contributed by atoms with van der Waals surface area (Å²) >= 11 is 0. The van der Waals surface area contributed by atoms with Gasteiger partial charge in [0.15, 0.2) is 5.60 Å². The van der Waals surface area contributed by atoms with E-state index in [4.69, 9.17) is 0 Å². The molecule has 0 amide bonds. The van der Waals surface area contributed by atoms with Crippen LogP contribution in [0.4, 0.5) is 13.2 Å². The lowest BCUT2D eigenvalue weighted by atomic mass is 9.92. The number of β-amino-alcohol motifs (C(OH)–C–C–N with tert-alkyl or cyclic N) is 1. The Hall–Kier alpha value is -0.290. The van der Waals surface area contributed by atoms with Crippen molar-refractivity contribution in [2.45, 2.75) is 38.0 Å².